The highest BCUT2D eigenvalue weighted by molar-refractivity contribution is 7.80. The van der Waals surface area contributed by atoms with E-state index in [0.717, 1.165) is 10.9 Å². The monoisotopic (exact) mass is 283 g/mol. The molecule has 0 spiro atoms. The fourth-order valence-electron chi connectivity index (χ4n) is 1.83. The molecular weight excluding hydrogens is 270 g/mol. The van der Waals surface area contributed by atoms with Gasteiger partial charge in [0.1, 0.15) is 6.10 Å². The average molecular weight is 284 g/mol. The standard InChI is InChI=1S/C13H14ClNO2S/c14-10-3-5-15-11-2-1-8(7-9(10)11)13(17)12(16)4-6-18/h1-3,5,7,12-13,16-18H,4,6H2. The number of benzene rings is 1. The van der Waals surface area contributed by atoms with Gasteiger partial charge in [0.15, 0.2) is 0 Å². The van der Waals surface area contributed by atoms with Crippen molar-refractivity contribution in [3.05, 3.63) is 41.0 Å². The molecule has 0 aliphatic heterocycles. The van der Waals surface area contributed by atoms with Crippen molar-refractivity contribution < 1.29 is 10.2 Å². The zero-order valence-electron chi connectivity index (χ0n) is 9.62. The molecule has 1 aromatic carbocycles. The first kappa shape index (κ1) is 13.6. The molecule has 18 heavy (non-hydrogen) atoms. The summed E-state index contributed by atoms with van der Waals surface area (Å²) >= 11 is 10.1. The molecule has 2 rings (SSSR count). The minimum absolute atomic E-state index is 0.434. The van der Waals surface area contributed by atoms with Crippen LogP contribution in [0.2, 0.25) is 5.02 Å². The first-order chi connectivity index (χ1) is 8.63. The maximum absolute atomic E-state index is 10.0. The second-order valence-corrected chi connectivity index (χ2v) is 4.95. The third-order valence-corrected chi connectivity index (χ3v) is 3.43. The second kappa shape index (κ2) is 5.89. The number of halogens is 1. The highest BCUT2D eigenvalue weighted by Gasteiger charge is 2.18. The molecule has 2 N–H and O–H groups in total. The van der Waals surface area contributed by atoms with Gasteiger partial charge in [-0.1, -0.05) is 17.7 Å². The van der Waals surface area contributed by atoms with E-state index < -0.39 is 12.2 Å². The fraction of sp³-hybridized carbons (Fsp3) is 0.308. The van der Waals surface area contributed by atoms with Crippen LogP contribution in [0.25, 0.3) is 10.9 Å². The zero-order chi connectivity index (χ0) is 13.1. The Balaban J connectivity index is 2.37. The van der Waals surface area contributed by atoms with E-state index >= 15 is 0 Å². The summed E-state index contributed by atoms with van der Waals surface area (Å²) in [5.41, 5.74) is 1.40. The molecule has 0 aliphatic rings. The van der Waals surface area contributed by atoms with Crippen molar-refractivity contribution in [2.45, 2.75) is 18.6 Å². The van der Waals surface area contributed by atoms with Gasteiger partial charge in [0, 0.05) is 11.6 Å². The van der Waals surface area contributed by atoms with Gasteiger partial charge in [0.05, 0.1) is 16.6 Å². The Kier molecular flexibility index (Phi) is 4.45. The van der Waals surface area contributed by atoms with Crippen LogP contribution < -0.4 is 0 Å². The van der Waals surface area contributed by atoms with Crippen LogP contribution in [0.4, 0.5) is 0 Å². The first-order valence-corrected chi connectivity index (χ1v) is 6.65. The molecule has 0 amide bonds. The van der Waals surface area contributed by atoms with Crippen molar-refractivity contribution in [1.82, 2.24) is 4.98 Å². The van der Waals surface area contributed by atoms with Crippen molar-refractivity contribution in [3.8, 4) is 0 Å². The number of aliphatic hydroxyl groups is 2. The SMILES string of the molecule is OC(CCS)C(O)c1ccc2nccc(Cl)c2c1. The van der Waals surface area contributed by atoms with Crippen LogP contribution in [-0.2, 0) is 0 Å². The van der Waals surface area contributed by atoms with Crippen LogP contribution in [-0.4, -0.2) is 27.1 Å². The average Bonchev–Trinajstić information content (AvgIpc) is 2.38. The predicted molar refractivity (Wildman–Crippen MR) is 76.2 cm³/mol. The first-order valence-electron chi connectivity index (χ1n) is 5.64. The molecule has 2 unspecified atom stereocenters. The van der Waals surface area contributed by atoms with Crippen LogP contribution in [0.1, 0.15) is 18.1 Å². The van der Waals surface area contributed by atoms with Gasteiger partial charge >= 0.3 is 0 Å². The maximum Gasteiger partial charge on any atom is 0.105 e. The van der Waals surface area contributed by atoms with E-state index in [1.807, 2.05) is 0 Å². The number of aliphatic hydroxyl groups excluding tert-OH is 2. The van der Waals surface area contributed by atoms with Crippen molar-refractivity contribution in [1.29, 1.82) is 0 Å². The number of rotatable bonds is 4. The molecule has 3 nitrogen and oxygen atoms in total. The van der Waals surface area contributed by atoms with Crippen LogP contribution in [0.5, 0.6) is 0 Å². The summed E-state index contributed by atoms with van der Waals surface area (Å²) in [4.78, 5) is 4.18. The van der Waals surface area contributed by atoms with Gasteiger partial charge in [0.25, 0.3) is 0 Å². The number of nitrogens with zero attached hydrogens (tertiary/aromatic N) is 1. The smallest absolute Gasteiger partial charge is 0.105 e. The Hall–Kier alpha value is -0.810. The lowest BCUT2D eigenvalue weighted by Crippen LogP contribution is -2.18. The van der Waals surface area contributed by atoms with E-state index in [9.17, 15) is 10.2 Å². The number of thiol groups is 1. The van der Waals surface area contributed by atoms with Crippen molar-refractivity contribution in [2.24, 2.45) is 0 Å². The molecule has 1 heterocycles. The molecule has 5 heteroatoms. The number of fused-ring (bicyclic) bond motifs is 1. The molecule has 1 aromatic heterocycles. The van der Waals surface area contributed by atoms with E-state index in [0.29, 0.717) is 22.8 Å². The highest BCUT2D eigenvalue weighted by Crippen LogP contribution is 2.27. The van der Waals surface area contributed by atoms with Crippen molar-refractivity contribution >= 4 is 35.1 Å². The number of aromatic nitrogens is 1. The van der Waals surface area contributed by atoms with Crippen molar-refractivity contribution in [2.75, 3.05) is 5.75 Å². The van der Waals surface area contributed by atoms with Gasteiger partial charge in [-0.3, -0.25) is 4.98 Å². The molecular formula is C13H14ClNO2S. The molecule has 0 radical (unpaired) electrons. The molecule has 0 saturated carbocycles. The summed E-state index contributed by atoms with van der Waals surface area (Å²) in [6.45, 7) is 0. The van der Waals surface area contributed by atoms with Gasteiger partial charge in [0.2, 0.25) is 0 Å². The lowest BCUT2D eigenvalue weighted by molar-refractivity contribution is 0.0173. The van der Waals surface area contributed by atoms with E-state index in [1.165, 1.54) is 0 Å². The Morgan fingerprint density at radius 3 is 2.78 bits per heavy atom. The molecule has 0 saturated heterocycles. The Labute approximate surface area is 116 Å². The van der Waals surface area contributed by atoms with Gasteiger partial charge in [-0.05, 0) is 35.9 Å². The summed E-state index contributed by atoms with van der Waals surface area (Å²) in [6, 6.07) is 6.99. The van der Waals surface area contributed by atoms with E-state index in [2.05, 4.69) is 17.6 Å². The summed E-state index contributed by atoms with van der Waals surface area (Å²) < 4.78 is 0. The molecule has 0 fully saturated rings. The van der Waals surface area contributed by atoms with Gasteiger partial charge < -0.3 is 10.2 Å². The molecule has 2 atom stereocenters. The summed E-state index contributed by atoms with van der Waals surface area (Å²) in [5.74, 6) is 0.522. The molecule has 0 bridgehead atoms. The fourth-order valence-corrected chi connectivity index (χ4v) is 2.30. The number of hydrogen-bond donors (Lipinski definition) is 3. The molecule has 96 valence electrons. The lowest BCUT2D eigenvalue weighted by atomic mass is 10.0. The zero-order valence-corrected chi connectivity index (χ0v) is 11.3. The van der Waals surface area contributed by atoms with Crippen LogP contribution >= 0.6 is 24.2 Å². The largest absolute Gasteiger partial charge is 0.390 e. The van der Waals surface area contributed by atoms with Crippen molar-refractivity contribution in [3.63, 3.8) is 0 Å². The molecule has 2 aromatic rings. The van der Waals surface area contributed by atoms with E-state index in [-0.39, 0.29) is 0 Å². The van der Waals surface area contributed by atoms with Gasteiger partial charge in [-0.2, -0.15) is 12.6 Å². The minimum Gasteiger partial charge on any atom is -0.390 e. The Morgan fingerprint density at radius 1 is 1.28 bits per heavy atom. The Morgan fingerprint density at radius 2 is 2.06 bits per heavy atom. The quantitative estimate of drug-likeness (QED) is 0.756. The molecule has 0 aliphatic carbocycles. The van der Waals surface area contributed by atoms with Crippen LogP contribution in [0.3, 0.4) is 0 Å². The predicted octanol–water partition coefficient (Wildman–Crippen LogP) is 2.60. The second-order valence-electron chi connectivity index (χ2n) is 4.09. The lowest BCUT2D eigenvalue weighted by Gasteiger charge is -2.17. The topological polar surface area (TPSA) is 53.4 Å². The summed E-state index contributed by atoms with van der Waals surface area (Å²) in [7, 11) is 0. The highest BCUT2D eigenvalue weighted by atomic mass is 35.5. The third kappa shape index (κ3) is 2.78. The summed E-state index contributed by atoms with van der Waals surface area (Å²) in [5, 5.41) is 21.1. The maximum atomic E-state index is 10.0. The minimum atomic E-state index is -0.933. The number of hydrogen-bond acceptors (Lipinski definition) is 4. The van der Waals surface area contributed by atoms with Crippen LogP contribution in [0, 0.1) is 0 Å². The summed E-state index contributed by atoms with van der Waals surface area (Å²) in [6.07, 6.45) is 0.313. The van der Waals surface area contributed by atoms with Gasteiger partial charge in [-0.25, -0.2) is 0 Å². The number of pyridine rings is 1. The van der Waals surface area contributed by atoms with Gasteiger partial charge in [-0.15, -0.1) is 0 Å². The normalized spacial score (nSPS) is 14.7. The Bertz CT molecular complexity index is 550. The van der Waals surface area contributed by atoms with E-state index in [1.54, 1.807) is 30.5 Å². The van der Waals surface area contributed by atoms with E-state index in [4.69, 9.17) is 11.6 Å². The third-order valence-electron chi connectivity index (χ3n) is 2.84. The van der Waals surface area contributed by atoms with Crippen LogP contribution in [0.15, 0.2) is 30.5 Å².